The molecule has 5 nitrogen and oxygen atoms in total. The van der Waals surface area contributed by atoms with Crippen LogP contribution in [0.1, 0.15) is 5.69 Å². The van der Waals surface area contributed by atoms with Crippen molar-refractivity contribution >= 4 is 11.4 Å². The minimum absolute atomic E-state index is 0.0172. The maximum absolute atomic E-state index is 12.8. The van der Waals surface area contributed by atoms with Crippen LogP contribution in [0.3, 0.4) is 0 Å². The Kier molecular flexibility index (Phi) is 3.70. The molecule has 6 heteroatoms. The second kappa shape index (κ2) is 5.43. The van der Waals surface area contributed by atoms with Crippen LogP contribution in [0, 0.1) is 15.9 Å². The molecule has 0 saturated carbocycles. The van der Waals surface area contributed by atoms with Crippen molar-refractivity contribution in [2.45, 2.75) is 6.54 Å². The molecule has 0 spiro atoms. The summed E-state index contributed by atoms with van der Waals surface area (Å²) in [5.74, 6) is -0.319. The largest absolute Gasteiger partial charge is 0.368 e. The van der Waals surface area contributed by atoms with Crippen LogP contribution < -0.4 is 4.90 Å². The summed E-state index contributed by atoms with van der Waals surface area (Å²) in [6.07, 6.45) is 1.51. The van der Waals surface area contributed by atoms with Crippen LogP contribution in [-0.2, 0) is 6.54 Å². The molecule has 0 aliphatic rings. The highest BCUT2D eigenvalue weighted by atomic mass is 19.1. The maximum atomic E-state index is 12.8. The van der Waals surface area contributed by atoms with Crippen molar-refractivity contribution in [3.05, 3.63) is 64.2 Å². The molecule has 2 aromatic rings. The Balaban J connectivity index is 2.21. The van der Waals surface area contributed by atoms with E-state index in [1.54, 1.807) is 24.1 Å². The first-order valence-electron chi connectivity index (χ1n) is 5.63. The zero-order valence-electron chi connectivity index (χ0n) is 10.3. The highest BCUT2D eigenvalue weighted by Gasteiger charge is 2.15. The fraction of sp³-hybridized carbons (Fsp3) is 0.154. The highest BCUT2D eigenvalue weighted by Crippen LogP contribution is 2.20. The number of hydrogen-bond donors (Lipinski definition) is 0. The van der Waals surface area contributed by atoms with Gasteiger partial charge in [0.1, 0.15) is 11.5 Å². The number of anilines is 1. The van der Waals surface area contributed by atoms with Crippen LogP contribution >= 0.6 is 0 Å². The number of rotatable bonds is 4. The van der Waals surface area contributed by atoms with E-state index >= 15 is 0 Å². The van der Waals surface area contributed by atoms with Crippen LogP contribution in [0.5, 0.6) is 0 Å². The second-order valence-electron chi connectivity index (χ2n) is 4.06. The first-order chi connectivity index (χ1) is 9.08. The minimum atomic E-state index is -0.458. The van der Waals surface area contributed by atoms with Gasteiger partial charge < -0.3 is 4.90 Å². The number of halogens is 1. The molecule has 0 radical (unpaired) electrons. The predicted octanol–water partition coefficient (Wildman–Crippen LogP) is 2.77. The molecule has 0 bridgehead atoms. The van der Waals surface area contributed by atoms with E-state index < -0.39 is 4.92 Å². The summed E-state index contributed by atoms with van der Waals surface area (Å²) < 4.78 is 12.8. The Morgan fingerprint density at radius 1 is 1.32 bits per heavy atom. The van der Waals surface area contributed by atoms with E-state index in [0.29, 0.717) is 5.69 Å². The van der Waals surface area contributed by atoms with Crippen molar-refractivity contribution in [1.82, 2.24) is 4.98 Å². The fourth-order valence-electron chi connectivity index (χ4n) is 1.73. The molecular formula is C13H12FN3O2. The van der Waals surface area contributed by atoms with Crippen LogP contribution in [0.2, 0.25) is 0 Å². The zero-order valence-corrected chi connectivity index (χ0v) is 10.3. The van der Waals surface area contributed by atoms with Gasteiger partial charge in [-0.2, -0.15) is 0 Å². The molecule has 0 saturated heterocycles. The molecule has 19 heavy (non-hydrogen) atoms. The van der Waals surface area contributed by atoms with Crippen LogP contribution in [0.4, 0.5) is 15.8 Å². The quantitative estimate of drug-likeness (QED) is 0.627. The van der Waals surface area contributed by atoms with Gasteiger partial charge in [0.2, 0.25) is 0 Å². The van der Waals surface area contributed by atoms with Gasteiger partial charge in [-0.25, -0.2) is 4.39 Å². The van der Waals surface area contributed by atoms with E-state index in [-0.39, 0.29) is 18.0 Å². The summed E-state index contributed by atoms with van der Waals surface area (Å²) in [4.78, 5) is 16.2. The third-order valence-corrected chi connectivity index (χ3v) is 2.72. The number of aromatic nitrogens is 1. The van der Waals surface area contributed by atoms with E-state index in [1.165, 1.54) is 30.5 Å². The number of nitrogens with zero attached hydrogens (tertiary/aromatic N) is 3. The van der Waals surface area contributed by atoms with Crippen molar-refractivity contribution in [1.29, 1.82) is 0 Å². The average molecular weight is 261 g/mol. The van der Waals surface area contributed by atoms with Gasteiger partial charge in [0.05, 0.1) is 11.5 Å². The third kappa shape index (κ3) is 3.04. The Bertz CT molecular complexity index is 587. The van der Waals surface area contributed by atoms with E-state index in [9.17, 15) is 14.5 Å². The SMILES string of the molecule is CN(Cc1ncccc1[N+](=O)[O-])c1ccc(F)cc1. The van der Waals surface area contributed by atoms with Gasteiger partial charge in [-0.05, 0) is 30.3 Å². The molecule has 0 aliphatic carbocycles. The molecule has 0 amide bonds. The molecule has 0 unspecified atom stereocenters. The summed E-state index contributed by atoms with van der Waals surface area (Å²) >= 11 is 0. The van der Waals surface area contributed by atoms with Crippen molar-refractivity contribution in [3.8, 4) is 0 Å². The van der Waals surface area contributed by atoms with Gasteiger partial charge in [-0.15, -0.1) is 0 Å². The lowest BCUT2D eigenvalue weighted by Crippen LogP contribution is -2.18. The highest BCUT2D eigenvalue weighted by molar-refractivity contribution is 5.47. The summed E-state index contributed by atoms with van der Waals surface area (Å²) in [5.41, 5.74) is 1.12. The maximum Gasteiger partial charge on any atom is 0.292 e. The molecule has 0 atom stereocenters. The molecule has 2 rings (SSSR count). The molecule has 1 heterocycles. The lowest BCUT2D eigenvalue weighted by Gasteiger charge is -2.18. The molecule has 98 valence electrons. The first-order valence-corrected chi connectivity index (χ1v) is 5.63. The molecule has 0 N–H and O–H groups in total. The van der Waals surface area contributed by atoms with Gasteiger partial charge in [0, 0.05) is 25.0 Å². The van der Waals surface area contributed by atoms with Crippen molar-refractivity contribution < 1.29 is 9.31 Å². The Labute approximate surface area is 109 Å². The number of pyridine rings is 1. The Morgan fingerprint density at radius 2 is 2.00 bits per heavy atom. The van der Waals surface area contributed by atoms with Gasteiger partial charge >= 0.3 is 0 Å². The molecular weight excluding hydrogens is 249 g/mol. The summed E-state index contributed by atoms with van der Waals surface area (Å²) in [6.45, 7) is 0.281. The molecule has 0 aliphatic heterocycles. The van der Waals surface area contributed by atoms with Gasteiger partial charge in [0.15, 0.2) is 0 Å². The zero-order chi connectivity index (χ0) is 13.8. The third-order valence-electron chi connectivity index (χ3n) is 2.72. The van der Waals surface area contributed by atoms with Crippen LogP contribution in [-0.4, -0.2) is 17.0 Å². The smallest absolute Gasteiger partial charge is 0.292 e. The predicted molar refractivity (Wildman–Crippen MR) is 69.4 cm³/mol. The second-order valence-corrected chi connectivity index (χ2v) is 4.06. The van der Waals surface area contributed by atoms with E-state index in [1.807, 2.05) is 0 Å². The normalized spacial score (nSPS) is 10.2. The van der Waals surface area contributed by atoms with Crippen molar-refractivity contribution in [2.24, 2.45) is 0 Å². The van der Waals surface area contributed by atoms with Crippen LogP contribution in [0.25, 0.3) is 0 Å². The molecule has 0 fully saturated rings. The molecule has 1 aromatic carbocycles. The van der Waals surface area contributed by atoms with Gasteiger partial charge in [0.25, 0.3) is 5.69 Å². The van der Waals surface area contributed by atoms with Gasteiger partial charge in [-0.1, -0.05) is 0 Å². The summed E-state index contributed by atoms with van der Waals surface area (Å²) in [6, 6.07) is 8.87. The van der Waals surface area contributed by atoms with E-state index in [0.717, 1.165) is 5.69 Å². The van der Waals surface area contributed by atoms with Gasteiger partial charge in [-0.3, -0.25) is 15.1 Å². The fourth-order valence-corrected chi connectivity index (χ4v) is 1.73. The average Bonchev–Trinajstić information content (AvgIpc) is 2.39. The summed E-state index contributed by atoms with van der Waals surface area (Å²) in [7, 11) is 1.77. The van der Waals surface area contributed by atoms with E-state index in [2.05, 4.69) is 4.98 Å². The Morgan fingerprint density at radius 3 is 2.63 bits per heavy atom. The van der Waals surface area contributed by atoms with E-state index in [4.69, 9.17) is 0 Å². The number of benzene rings is 1. The Hall–Kier alpha value is -2.50. The van der Waals surface area contributed by atoms with Crippen LogP contribution in [0.15, 0.2) is 42.6 Å². The van der Waals surface area contributed by atoms with Crippen molar-refractivity contribution in [2.75, 3.05) is 11.9 Å². The standard InChI is InChI=1S/C13H12FN3O2/c1-16(11-6-4-10(14)5-7-11)9-12-13(17(18)19)3-2-8-15-12/h2-8H,9H2,1H3. The molecule has 1 aromatic heterocycles. The first kappa shape index (κ1) is 12.9. The topological polar surface area (TPSA) is 59.3 Å². The lowest BCUT2D eigenvalue weighted by atomic mass is 10.2. The minimum Gasteiger partial charge on any atom is -0.368 e. The number of hydrogen-bond acceptors (Lipinski definition) is 4. The van der Waals surface area contributed by atoms with Crippen molar-refractivity contribution in [3.63, 3.8) is 0 Å². The summed E-state index contributed by atoms with van der Waals surface area (Å²) in [5, 5.41) is 10.9. The monoisotopic (exact) mass is 261 g/mol. The number of nitro groups is 1. The lowest BCUT2D eigenvalue weighted by molar-refractivity contribution is -0.385.